The van der Waals surface area contributed by atoms with Crippen molar-refractivity contribution in [1.29, 1.82) is 0 Å². The molecule has 2 fully saturated rings. The number of aliphatic hydroxyl groups excluding tert-OH is 1. The lowest BCUT2D eigenvalue weighted by molar-refractivity contribution is 0.121. The van der Waals surface area contributed by atoms with E-state index in [-0.39, 0.29) is 12.1 Å². The summed E-state index contributed by atoms with van der Waals surface area (Å²) >= 11 is 0. The van der Waals surface area contributed by atoms with Crippen LogP contribution in [0.4, 0.5) is 11.8 Å². The molecule has 9 heteroatoms. The third-order valence-corrected chi connectivity index (χ3v) is 7.43. The molecule has 0 bridgehead atoms. The largest absolute Gasteiger partial charge is 0.393 e. The highest BCUT2D eigenvalue weighted by molar-refractivity contribution is 5.59. The molecule has 2 aliphatic rings. The highest BCUT2D eigenvalue weighted by Crippen LogP contribution is 2.39. The van der Waals surface area contributed by atoms with Crippen LogP contribution >= 0.6 is 0 Å². The van der Waals surface area contributed by atoms with Gasteiger partial charge in [-0.05, 0) is 70.1 Å². The highest BCUT2D eigenvalue weighted by atomic mass is 16.5. The summed E-state index contributed by atoms with van der Waals surface area (Å²) in [5, 5.41) is 18.4. The zero-order valence-electron chi connectivity index (χ0n) is 21.0. The monoisotopic (exact) mass is 479 g/mol. The first-order valence-corrected chi connectivity index (χ1v) is 12.9. The average molecular weight is 480 g/mol. The van der Waals surface area contributed by atoms with Crippen molar-refractivity contribution < 1.29 is 9.84 Å². The molecular formula is C26H37N7O2. The van der Waals surface area contributed by atoms with Gasteiger partial charge in [0.2, 0.25) is 5.95 Å². The van der Waals surface area contributed by atoms with Gasteiger partial charge in [-0.15, -0.1) is 5.10 Å². The van der Waals surface area contributed by atoms with E-state index >= 15 is 0 Å². The molecule has 3 aromatic rings. The van der Waals surface area contributed by atoms with E-state index in [4.69, 9.17) is 9.84 Å². The molecule has 1 saturated carbocycles. The Labute approximate surface area is 206 Å². The van der Waals surface area contributed by atoms with Crippen LogP contribution in [0.2, 0.25) is 0 Å². The van der Waals surface area contributed by atoms with Crippen molar-refractivity contribution in [2.24, 2.45) is 0 Å². The summed E-state index contributed by atoms with van der Waals surface area (Å²) in [6.45, 7) is 6.52. The van der Waals surface area contributed by atoms with Crippen molar-refractivity contribution in [2.75, 3.05) is 37.0 Å². The molecule has 1 aliphatic carbocycles. The average Bonchev–Trinajstić information content (AvgIpc) is 3.24. The number of ether oxygens (including phenoxy) is 1. The minimum absolute atomic E-state index is 0.115. The first-order chi connectivity index (χ1) is 17.0. The topological polar surface area (TPSA) is 101 Å². The van der Waals surface area contributed by atoms with Crippen molar-refractivity contribution >= 4 is 17.3 Å². The van der Waals surface area contributed by atoms with Gasteiger partial charge >= 0.3 is 0 Å². The predicted octanol–water partition coefficient (Wildman–Crippen LogP) is 3.68. The third kappa shape index (κ3) is 5.26. The van der Waals surface area contributed by atoms with E-state index in [1.54, 1.807) is 7.11 Å². The van der Waals surface area contributed by atoms with Gasteiger partial charge < -0.3 is 20.1 Å². The third-order valence-electron chi connectivity index (χ3n) is 7.43. The Bertz CT molecular complexity index is 1140. The zero-order chi connectivity index (χ0) is 24.4. The van der Waals surface area contributed by atoms with Crippen LogP contribution in [0.5, 0.6) is 0 Å². The highest BCUT2D eigenvalue weighted by Gasteiger charge is 2.30. The fourth-order valence-electron chi connectivity index (χ4n) is 5.67. The zero-order valence-corrected chi connectivity index (χ0v) is 21.0. The molecule has 0 radical (unpaired) electrons. The fourth-order valence-corrected chi connectivity index (χ4v) is 5.67. The van der Waals surface area contributed by atoms with Crippen LogP contribution in [0.25, 0.3) is 5.52 Å². The van der Waals surface area contributed by atoms with Gasteiger partial charge in [-0.2, -0.15) is 0 Å². The van der Waals surface area contributed by atoms with E-state index in [2.05, 4.69) is 42.7 Å². The molecule has 9 nitrogen and oxygen atoms in total. The minimum atomic E-state index is -0.179. The van der Waals surface area contributed by atoms with Gasteiger partial charge in [-0.25, -0.2) is 19.5 Å². The van der Waals surface area contributed by atoms with Gasteiger partial charge in [0.15, 0.2) is 0 Å². The van der Waals surface area contributed by atoms with Crippen molar-refractivity contribution in [3.05, 3.63) is 41.6 Å². The fraction of sp³-hybridized carbons (Fsp3) is 0.615. The molecule has 1 aliphatic heterocycles. The Kier molecular flexibility index (Phi) is 7.15. The van der Waals surface area contributed by atoms with Gasteiger partial charge in [0.05, 0.1) is 24.4 Å². The Morgan fingerprint density at radius 2 is 2.00 bits per heavy atom. The molecule has 2 atom stereocenters. The van der Waals surface area contributed by atoms with Gasteiger partial charge in [-0.3, -0.25) is 0 Å². The molecule has 1 saturated heterocycles. The van der Waals surface area contributed by atoms with E-state index in [9.17, 15) is 5.11 Å². The van der Waals surface area contributed by atoms with Crippen LogP contribution in [-0.2, 0) is 4.74 Å². The molecule has 3 aromatic heterocycles. The summed E-state index contributed by atoms with van der Waals surface area (Å²) in [6, 6.07) is 4.49. The lowest BCUT2D eigenvalue weighted by atomic mass is 9.84. The first-order valence-electron chi connectivity index (χ1n) is 12.9. The number of nitrogens with one attached hydrogen (secondary N) is 1. The number of piperidine rings is 1. The molecule has 188 valence electrons. The molecule has 2 N–H and O–H groups in total. The number of hydrogen-bond donors (Lipinski definition) is 2. The minimum Gasteiger partial charge on any atom is -0.393 e. The summed E-state index contributed by atoms with van der Waals surface area (Å²) in [5.74, 6) is 3.19. The Morgan fingerprint density at radius 1 is 1.17 bits per heavy atom. The summed E-state index contributed by atoms with van der Waals surface area (Å²) in [7, 11) is 1.70. The van der Waals surface area contributed by atoms with Crippen molar-refractivity contribution in [1.82, 2.24) is 24.6 Å². The first kappa shape index (κ1) is 23.9. The van der Waals surface area contributed by atoms with Gasteiger partial charge in [0, 0.05) is 50.0 Å². The van der Waals surface area contributed by atoms with Gasteiger partial charge in [0.25, 0.3) is 0 Å². The smallest absolute Gasteiger partial charge is 0.241 e. The summed E-state index contributed by atoms with van der Waals surface area (Å²) in [6.07, 6.45) is 9.54. The number of nitrogens with zero attached hydrogens (tertiary/aromatic N) is 6. The normalized spacial score (nSPS) is 24.0. The van der Waals surface area contributed by atoms with Gasteiger partial charge in [-0.1, -0.05) is 0 Å². The molecule has 0 unspecified atom stereocenters. The molecule has 0 aromatic carbocycles. The lowest BCUT2D eigenvalue weighted by Gasteiger charge is -2.33. The number of rotatable bonds is 7. The number of hydrogen-bond acceptors (Lipinski definition) is 8. The van der Waals surface area contributed by atoms with Crippen molar-refractivity contribution in [3.63, 3.8) is 0 Å². The van der Waals surface area contributed by atoms with Crippen LogP contribution in [-0.4, -0.2) is 68.6 Å². The predicted molar refractivity (Wildman–Crippen MR) is 136 cm³/mol. The second-order valence-electron chi connectivity index (χ2n) is 10.2. The molecule has 0 amide bonds. The van der Waals surface area contributed by atoms with Crippen LogP contribution in [0, 0.1) is 6.92 Å². The van der Waals surface area contributed by atoms with Crippen LogP contribution in [0.15, 0.2) is 24.5 Å². The van der Waals surface area contributed by atoms with Crippen LogP contribution in [0.3, 0.4) is 0 Å². The maximum absolute atomic E-state index is 10.1. The maximum Gasteiger partial charge on any atom is 0.241 e. The lowest BCUT2D eigenvalue weighted by Crippen LogP contribution is -2.35. The summed E-state index contributed by atoms with van der Waals surface area (Å²) in [5.41, 5.74) is 3.64. The Balaban J connectivity index is 1.48. The molecular weight excluding hydrogens is 442 g/mol. The van der Waals surface area contributed by atoms with Crippen molar-refractivity contribution in [2.45, 2.75) is 76.4 Å². The van der Waals surface area contributed by atoms with E-state index in [1.165, 1.54) is 11.3 Å². The number of aliphatic hydroxyl groups is 1. The Hall–Kier alpha value is -2.78. The Morgan fingerprint density at radius 3 is 2.77 bits per heavy atom. The molecule has 4 heterocycles. The van der Waals surface area contributed by atoms with E-state index in [0.717, 1.165) is 68.8 Å². The van der Waals surface area contributed by atoms with E-state index in [0.29, 0.717) is 24.4 Å². The number of fused-ring (bicyclic) bond motifs is 1. The number of anilines is 2. The molecule has 0 spiro atoms. The van der Waals surface area contributed by atoms with E-state index < -0.39 is 0 Å². The quantitative estimate of drug-likeness (QED) is 0.529. The SMILES string of the molecule is COC[C@H](C)Nc1ncc2c([C@@H]3CCCN(c4ccnc(C)n4)C3)cc([C@H]3CC[C@H](O)CC3)n2n1. The molecule has 35 heavy (non-hydrogen) atoms. The van der Waals surface area contributed by atoms with Crippen molar-refractivity contribution in [3.8, 4) is 0 Å². The second kappa shape index (κ2) is 10.5. The standard InChI is InChI=1S/C26H37N7O2/c1-17(16-35-3)29-26-28-14-24-22(13-23(33(24)31-26)19-6-8-21(34)9-7-19)20-5-4-12-32(15-20)25-10-11-27-18(2)30-25/h10-11,13-14,17,19-21,34H,4-9,12,15-16H2,1-3H3,(H,29,31)/t17-,19-,20+,21-/m0/s1. The van der Waals surface area contributed by atoms with Gasteiger partial charge in [0.1, 0.15) is 11.6 Å². The van der Waals surface area contributed by atoms with Crippen LogP contribution in [0.1, 0.15) is 74.4 Å². The number of methoxy groups -OCH3 is 1. The second-order valence-corrected chi connectivity index (χ2v) is 10.2. The number of aromatic nitrogens is 5. The maximum atomic E-state index is 10.1. The summed E-state index contributed by atoms with van der Waals surface area (Å²) in [4.78, 5) is 16.0. The van der Waals surface area contributed by atoms with E-state index in [1.807, 2.05) is 25.4 Å². The summed E-state index contributed by atoms with van der Waals surface area (Å²) < 4.78 is 7.38. The number of aryl methyl sites for hydroxylation is 1. The van der Waals surface area contributed by atoms with Crippen LogP contribution < -0.4 is 10.2 Å². The molecule has 5 rings (SSSR count).